The molecule has 3 heterocycles. The van der Waals surface area contributed by atoms with E-state index in [2.05, 4.69) is 61.5 Å². The first-order chi connectivity index (χ1) is 12.8. The van der Waals surface area contributed by atoms with Crippen LogP contribution in [0.5, 0.6) is 0 Å². The summed E-state index contributed by atoms with van der Waals surface area (Å²) in [4.78, 5) is 13.8. The van der Waals surface area contributed by atoms with Crippen molar-refractivity contribution in [3.8, 4) is 0 Å². The highest BCUT2D eigenvalue weighted by molar-refractivity contribution is 5.80. The van der Waals surface area contributed by atoms with Crippen molar-refractivity contribution in [3.05, 3.63) is 59.3 Å². The third-order valence-electron chi connectivity index (χ3n) is 5.33. The predicted octanol–water partition coefficient (Wildman–Crippen LogP) is 2.82. The molecule has 5 heteroatoms. The molecule has 1 fully saturated rings. The van der Waals surface area contributed by atoms with Crippen molar-refractivity contribution in [2.45, 2.75) is 32.4 Å². The average Bonchev–Trinajstić information content (AvgIpc) is 3.23. The molecule has 2 aliphatic rings. The van der Waals surface area contributed by atoms with Crippen molar-refractivity contribution in [2.75, 3.05) is 31.6 Å². The maximum Gasteiger partial charge on any atom is 0.194 e. The molecule has 4 rings (SSSR count). The summed E-state index contributed by atoms with van der Waals surface area (Å²) < 4.78 is 0. The van der Waals surface area contributed by atoms with Crippen LogP contribution in [0.2, 0.25) is 0 Å². The number of fused-ring (bicyclic) bond motifs is 1. The van der Waals surface area contributed by atoms with Gasteiger partial charge in [0.05, 0.1) is 0 Å². The van der Waals surface area contributed by atoms with Gasteiger partial charge < -0.3 is 15.1 Å². The summed E-state index contributed by atoms with van der Waals surface area (Å²) in [6, 6.07) is 13.0. The molecule has 2 aromatic rings. The van der Waals surface area contributed by atoms with Gasteiger partial charge in [0, 0.05) is 46.0 Å². The van der Waals surface area contributed by atoms with Gasteiger partial charge in [-0.25, -0.2) is 4.98 Å². The standard InChI is InChI=1S/C21H27N5/c1-22-21(26-13-9-18-6-2-3-7-19(18)16-26)24-15-17-8-10-23-20(14-17)25-11-4-5-12-25/h2-3,6-8,10,14H,4-5,9,11-13,15-16H2,1H3,(H,22,24). The van der Waals surface area contributed by atoms with E-state index in [1.165, 1.54) is 29.5 Å². The molecule has 2 aliphatic heterocycles. The number of nitrogens with one attached hydrogen (secondary N) is 1. The number of hydrogen-bond donors (Lipinski definition) is 1. The summed E-state index contributed by atoms with van der Waals surface area (Å²) in [7, 11) is 1.87. The van der Waals surface area contributed by atoms with Crippen molar-refractivity contribution in [1.82, 2.24) is 15.2 Å². The van der Waals surface area contributed by atoms with Crippen molar-refractivity contribution in [3.63, 3.8) is 0 Å². The summed E-state index contributed by atoms with van der Waals surface area (Å²) in [6.45, 7) is 4.95. The molecule has 1 saturated heterocycles. The highest BCUT2D eigenvalue weighted by Gasteiger charge is 2.19. The molecule has 0 aliphatic carbocycles. The number of benzene rings is 1. The number of pyridine rings is 1. The summed E-state index contributed by atoms with van der Waals surface area (Å²) in [5, 5.41) is 3.53. The number of guanidine groups is 1. The lowest BCUT2D eigenvalue weighted by atomic mass is 10.0. The molecule has 0 amide bonds. The van der Waals surface area contributed by atoms with E-state index in [1.54, 1.807) is 0 Å². The van der Waals surface area contributed by atoms with Gasteiger partial charge in [0.1, 0.15) is 5.82 Å². The fourth-order valence-corrected chi connectivity index (χ4v) is 3.88. The average molecular weight is 349 g/mol. The Morgan fingerprint density at radius 1 is 1.12 bits per heavy atom. The molecule has 0 atom stereocenters. The molecule has 1 aromatic heterocycles. The van der Waals surface area contributed by atoms with Gasteiger partial charge in [0.15, 0.2) is 5.96 Å². The van der Waals surface area contributed by atoms with E-state index in [0.29, 0.717) is 0 Å². The summed E-state index contributed by atoms with van der Waals surface area (Å²) in [5.74, 6) is 2.07. The Kier molecular flexibility index (Phi) is 5.04. The van der Waals surface area contributed by atoms with Crippen LogP contribution in [0, 0.1) is 0 Å². The first kappa shape index (κ1) is 16.9. The molecule has 136 valence electrons. The van der Waals surface area contributed by atoms with Crippen LogP contribution in [-0.4, -0.2) is 42.5 Å². The highest BCUT2D eigenvalue weighted by atomic mass is 15.3. The van der Waals surface area contributed by atoms with E-state index in [9.17, 15) is 0 Å². The fraction of sp³-hybridized carbons (Fsp3) is 0.429. The summed E-state index contributed by atoms with van der Waals surface area (Å²) >= 11 is 0. The zero-order valence-electron chi connectivity index (χ0n) is 15.5. The number of nitrogens with zero attached hydrogens (tertiary/aromatic N) is 4. The van der Waals surface area contributed by atoms with Gasteiger partial charge in [-0.05, 0) is 48.1 Å². The Balaban J connectivity index is 1.40. The smallest absolute Gasteiger partial charge is 0.194 e. The van der Waals surface area contributed by atoms with Crippen molar-refractivity contribution >= 4 is 11.8 Å². The Hall–Kier alpha value is -2.56. The second kappa shape index (κ2) is 7.77. The molecular formula is C21H27N5. The van der Waals surface area contributed by atoms with Gasteiger partial charge in [-0.2, -0.15) is 0 Å². The summed E-state index contributed by atoms with van der Waals surface area (Å²) in [5.41, 5.74) is 4.12. The number of anilines is 1. The van der Waals surface area contributed by atoms with Crippen LogP contribution in [-0.2, 0) is 19.5 Å². The molecule has 1 aromatic carbocycles. The van der Waals surface area contributed by atoms with Crippen LogP contribution in [0.4, 0.5) is 5.82 Å². The van der Waals surface area contributed by atoms with Crippen molar-refractivity contribution in [1.29, 1.82) is 0 Å². The number of aromatic nitrogens is 1. The number of aliphatic imine (C=N–C) groups is 1. The number of rotatable bonds is 3. The third-order valence-corrected chi connectivity index (χ3v) is 5.33. The van der Waals surface area contributed by atoms with E-state index in [4.69, 9.17) is 0 Å². The zero-order chi connectivity index (χ0) is 17.8. The van der Waals surface area contributed by atoms with E-state index in [1.807, 2.05) is 13.2 Å². The monoisotopic (exact) mass is 349 g/mol. The predicted molar refractivity (Wildman–Crippen MR) is 106 cm³/mol. The van der Waals surface area contributed by atoms with Crippen molar-refractivity contribution < 1.29 is 0 Å². The maximum absolute atomic E-state index is 4.54. The first-order valence-electron chi connectivity index (χ1n) is 9.56. The third kappa shape index (κ3) is 3.66. The Morgan fingerprint density at radius 2 is 1.92 bits per heavy atom. The van der Waals surface area contributed by atoms with Gasteiger partial charge in [-0.15, -0.1) is 0 Å². The lowest BCUT2D eigenvalue weighted by molar-refractivity contribution is 0.378. The lowest BCUT2D eigenvalue weighted by Gasteiger charge is -2.31. The summed E-state index contributed by atoms with van der Waals surface area (Å²) in [6.07, 6.45) is 5.54. The van der Waals surface area contributed by atoms with E-state index in [0.717, 1.165) is 50.9 Å². The van der Waals surface area contributed by atoms with Gasteiger partial charge in [0.2, 0.25) is 0 Å². The minimum Gasteiger partial charge on any atom is -0.357 e. The zero-order valence-corrected chi connectivity index (χ0v) is 15.5. The van der Waals surface area contributed by atoms with Crippen LogP contribution in [0.25, 0.3) is 0 Å². The Bertz CT molecular complexity index is 779. The SMILES string of the molecule is CN=C(NCc1ccnc(N2CCCC2)c1)N1CCc2ccccc2C1. The van der Waals surface area contributed by atoms with E-state index >= 15 is 0 Å². The molecule has 5 nitrogen and oxygen atoms in total. The highest BCUT2D eigenvalue weighted by Crippen LogP contribution is 2.20. The molecule has 0 radical (unpaired) electrons. The minimum atomic E-state index is 0.772. The van der Waals surface area contributed by atoms with Gasteiger partial charge in [-0.1, -0.05) is 24.3 Å². The first-order valence-corrected chi connectivity index (χ1v) is 9.56. The van der Waals surface area contributed by atoms with Crippen molar-refractivity contribution in [2.24, 2.45) is 4.99 Å². The maximum atomic E-state index is 4.54. The second-order valence-electron chi connectivity index (χ2n) is 7.06. The lowest BCUT2D eigenvalue weighted by Crippen LogP contribution is -2.43. The molecule has 0 saturated carbocycles. The van der Waals surface area contributed by atoms with Gasteiger partial charge in [0.25, 0.3) is 0 Å². The van der Waals surface area contributed by atoms with Gasteiger partial charge in [-0.3, -0.25) is 4.99 Å². The molecule has 0 spiro atoms. The van der Waals surface area contributed by atoms with E-state index < -0.39 is 0 Å². The Morgan fingerprint density at radius 3 is 2.73 bits per heavy atom. The van der Waals surface area contributed by atoms with Crippen LogP contribution in [0.15, 0.2) is 47.6 Å². The topological polar surface area (TPSA) is 43.8 Å². The Labute approximate surface area is 155 Å². The quantitative estimate of drug-likeness (QED) is 0.684. The van der Waals surface area contributed by atoms with Crippen LogP contribution in [0.1, 0.15) is 29.5 Å². The molecule has 0 unspecified atom stereocenters. The second-order valence-corrected chi connectivity index (χ2v) is 7.06. The fourth-order valence-electron chi connectivity index (χ4n) is 3.88. The van der Waals surface area contributed by atoms with Crippen LogP contribution < -0.4 is 10.2 Å². The molecule has 0 bridgehead atoms. The number of hydrogen-bond acceptors (Lipinski definition) is 3. The van der Waals surface area contributed by atoms with Crippen LogP contribution in [0.3, 0.4) is 0 Å². The molecule has 26 heavy (non-hydrogen) atoms. The van der Waals surface area contributed by atoms with Gasteiger partial charge >= 0.3 is 0 Å². The largest absolute Gasteiger partial charge is 0.357 e. The molecule has 1 N–H and O–H groups in total. The normalized spacial score (nSPS) is 17.3. The molecular weight excluding hydrogens is 322 g/mol. The van der Waals surface area contributed by atoms with Crippen LogP contribution >= 0.6 is 0 Å². The minimum absolute atomic E-state index is 0.772. The van der Waals surface area contributed by atoms with E-state index in [-0.39, 0.29) is 0 Å².